The van der Waals surface area contributed by atoms with Gasteiger partial charge >= 0.3 is 0 Å². The van der Waals surface area contributed by atoms with E-state index in [1.54, 1.807) is 36.4 Å². The molecular formula is C19H20ClN3O4. The SMILES string of the molecule is COc1c(Cl)cccc1NC(=O)C1CCN(c2ccccc2[N+](=O)[O-])CC1. The van der Waals surface area contributed by atoms with Crippen LogP contribution in [0.5, 0.6) is 5.75 Å². The fourth-order valence-corrected chi connectivity index (χ4v) is 3.57. The van der Waals surface area contributed by atoms with E-state index in [0.29, 0.717) is 48.1 Å². The molecule has 142 valence electrons. The fourth-order valence-electron chi connectivity index (χ4n) is 3.32. The Bertz CT molecular complexity index is 851. The molecule has 3 rings (SSSR count). The highest BCUT2D eigenvalue weighted by Gasteiger charge is 2.28. The third-order valence-electron chi connectivity index (χ3n) is 4.71. The van der Waals surface area contributed by atoms with Crippen molar-refractivity contribution in [3.63, 3.8) is 0 Å². The molecule has 8 heteroatoms. The van der Waals surface area contributed by atoms with E-state index in [4.69, 9.17) is 16.3 Å². The Hall–Kier alpha value is -2.80. The van der Waals surface area contributed by atoms with Crippen LogP contribution >= 0.6 is 11.6 Å². The largest absolute Gasteiger partial charge is 0.493 e. The number of nitrogens with zero attached hydrogens (tertiary/aromatic N) is 2. The summed E-state index contributed by atoms with van der Waals surface area (Å²) in [4.78, 5) is 25.4. The molecule has 1 N–H and O–H groups in total. The van der Waals surface area contributed by atoms with Gasteiger partial charge < -0.3 is 15.0 Å². The van der Waals surface area contributed by atoms with Crippen LogP contribution in [-0.4, -0.2) is 31.0 Å². The first kappa shape index (κ1) is 19.0. The topological polar surface area (TPSA) is 84.7 Å². The number of rotatable bonds is 5. The zero-order chi connectivity index (χ0) is 19.4. The maximum Gasteiger partial charge on any atom is 0.292 e. The van der Waals surface area contributed by atoms with Crippen LogP contribution in [0.3, 0.4) is 0 Å². The predicted octanol–water partition coefficient (Wildman–Crippen LogP) is 4.11. The minimum absolute atomic E-state index is 0.0871. The van der Waals surface area contributed by atoms with Crippen molar-refractivity contribution in [3.8, 4) is 5.75 Å². The monoisotopic (exact) mass is 389 g/mol. The number of hydrogen-bond acceptors (Lipinski definition) is 5. The number of hydrogen-bond donors (Lipinski definition) is 1. The molecule has 1 heterocycles. The van der Waals surface area contributed by atoms with Gasteiger partial charge in [-0.15, -0.1) is 0 Å². The normalized spacial score (nSPS) is 14.7. The van der Waals surface area contributed by atoms with Crippen LogP contribution in [0.25, 0.3) is 0 Å². The summed E-state index contributed by atoms with van der Waals surface area (Å²) in [7, 11) is 1.50. The first-order valence-corrected chi connectivity index (χ1v) is 9.00. The number of nitro groups is 1. The molecule has 0 spiro atoms. The number of halogens is 1. The van der Waals surface area contributed by atoms with E-state index in [2.05, 4.69) is 5.32 Å². The second-order valence-electron chi connectivity index (χ2n) is 6.32. The highest BCUT2D eigenvalue weighted by Crippen LogP contribution is 2.34. The lowest BCUT2D eigenvalue weighted by atomic mass is 9.95. The summed E-state index contributed by atoms with van der Waals surface area (Å²) in [5, 5.41) is 14.5. The Kier molecular flexibility index (Phi) is 5.81. The van der Waals surface area contributed by atoms with Crippen molar-refractivity contribution in [2.24, 2.45) is 5.92 Å². The number of anilines is 2. The molecule has 0 unspecified atom stereocenters. The maximum absolute atomic E-state index is 12.6. The molecule has 0 atom stereocenters. The fraction of sp³-hybridized carbons (Fsp3) is 0.316. The second-order valence-corrected chi connectivity index (χ2v) is 6.72. The van der Waals surface area contributed by atoms with E-state index in [1.807, 2.05) is 4.90 Å². The van der Waals surface area contributed by atoms with E-state index < -0.39 is 0 Å². The van der Waals surface area contributed by atoms with Crippen molar-refractivity contribution in [1.29, 1.82) is 0 Å². The second kappa shape index (κ2) is 8.26. The minimum atomic E-state index is -0.375. The van der Waals surface area contributed by atoms with Gasteiger partial charge in [0.1, 0.15) is 5.69 Å². The number of carbonyl (C=O) groups is 1. The van der Waals surface area contributed by atoms with Gasteiger partial charge in [0.15, 0.2) is 5.75 Å². The molecular weight excluding hydrogens is 370 g/mol. The van der Waals surface area contributed by atoms with Gasteiger partial charge in [-0.05, 0) is 31.0 Å². The molecule has 0 saturated carbocycles. The molecule has 2 aromatic rings. The first-order valence-electron chi connectivity index (χ1n) is 8.63. The van der Waals surface area contributed by atoms with Gasteiger partial charge in [0.2, 0.25) is 5.91 Å². The third-order valence-corrected chi connectivity index (χ3v) is 5.01. The Morgan fingerprint density at radius 3 is 2.59 bits per heavy atom. The summed E-state index contributed by atoms with van der Waals surface area (Å²) in [6.45, 7) is 1.16. The number of nitro benzene ring substituents is 1. The maximum atomic E-state index is 12.6. The van der Waals surface area contributed by atoms with Gasteiger partial charge in [-0.1, -0.05) is 29.8 Å². The van der Waals surface area contributed by atoms with Crippen molar-refractivity contribution in [2.45, 2.75) is 12.8 Å². The molecule has 1 aliphatic heterocycles. The first-order chi connectivity index (χ1) is 13.0. The van der Waals surface area contributed by atoms with Gasteiger partial charge in [-0.3, -0.25) is 14.9 Å². The van der Waals surface area contributed by atoms with E-state index in [9.17, 15) is 14.9 Å². The molecule has 0 aromatic heterocycles. The quantitative estimate of drug-likeness (QED) is 0.614. The van der Waals surface area contributed by atoms with E-state index in [-0.39, 0.29) is 22.4 Å². The van der Waals surface area contributed by atoms with Crippen molar-refractivity contribution in [3.05, 3.63) is 57.6 Å². The number of carbonyl (C=O) groups excluding carboxylic acids is 1. The number of amides is 1. The average molecular weight is 390 g/mol. The van der Waals surface area contributed by atoms with Crippen molar-refractivity contribution in [1.82, 2.24) is 0 Å². The van der Waals surface area contributed by atoms with Crippen molar-refractivity contribution >= 4 is 34.6 Å². The molecule has 27 heavy (non-hydrogen) atoms. The summed E-state index contributed by atoms with van der Waals surface area (Å²) in [6.07, 6.45) is 1.22. The van der Waals surface area contributed by atoms with Crippen molar-refractivity contribution in [2.75, 3.05) is 30.4 Å². The zero-order valence-corrected chi connectivity index (χ0v) is 15.6. The van der Waals surface area contributed by atoms with Crippen LogP contribution in [0.15, 0.2) is 42.5 Å². The summed E-state index contributed by atoms with van der Waals surface area (Å²) in [6, 6.07) is 11.9. The number of ether oxygens (including phenoxy) is 1. The number of para-hydroxylation sites is 3. The standard InChI is InChI=1S/C19H20ClN3O4/c1-27-18-14(20)5-4-6-15(18)21-19(24)13-9-11-22(12-10-13)16-7-2-3-8-17(16)23(25)26/h2-8,13H,9-12H2,1H3,(H,21,24). The summed E-state index contributed by atoms with van der Waals surface area (Å²) in [5.74, 6) is 0.162. The van der Waals surface area contributed by atoms with E-state index in [1.165, 1.54) is 13.2 Å². The molecule has 2 aromatic carbocycles. The third kappa shape index (κ3) is 4.14. The van der Waals surface area contributed by atoms with E-state index in [0.717, 1.165) is 0 Å². The average Bonchev–Trinajstić information content (AvgIpc) is 2.68. The molecule has 0 aliphatic carbocycles. The molecule has 7 nitrogen and oxygen atoms in total. The number of piperidine rings is 1. The molecule has 1 aliphatic rings. The summed E-state index contributed by atoms with van der Waals surface area (Å²) in [5.41, 5.74) is 1.22. The molecule has 1 amide bonds. The number of benzene rings is 2. The Morgan fingerprint density at radius 2 is 1.93 bits per heavy atom. The van der Waals surface area contributed by atoms with Crippen LogP contribution in [0.4, 0.5) is 17.1 Å². The molecule has 0 bridgehead atoms. The van der Waals surface area contributed by atoms with Crippen LogP contribution in [0.1, 0.15) is 12.8 Å². The zero-order valence-electron chi connectivity index (χ0n) is 14.9. The highest BCUT2D eigenvalue weighted by molar-refractivity contribution is 6.32. The van der Waals surface area contributed by atoms with Gasteiger partial charge in [0, 0.05) is 25.1 Å². The lowest BCUT2D eigenvalue weighted by molar-refractivity contribution is -0.384. The Morgan fingerprint density at radius 1 is 1.22 bits per heavy atom. The van der Waals surface area contributed by atoms with Crippen LogP contribution < -0.4 is 15.0 Å². The van der Waals surface area contributed by atoms with Crippen LogP contribution in [-0.2, 0) is 4.79 Å². The summed E-state index contributed by atoms with van der Waals surface area (Å²) >= 11 is 6.09. The smallest absolute Gasteiger partial charge is 0.292 e. The molecule has 1 fully saturated rings. The van der Waals surface area contributed by atoms with Crippen LogP contribution in [0, 0.1) is 16.0 Å². The molecule has 1 saturated heterocycles. The highest BCUT2D eigenvalue weighted by atomic mass is 35.5. The molecule has 0 radical (unpaired) electrons. The minimum Gasteiger partial charge on any atom is -0.493 e. The Labute approximate surface area is 162 Å². The van der Waals surface area contributed by atoms with Gasteiger partial charge in [0.05, 0.1) is 22.7 Å². The van der Waals surface area contributed by atoms with Gasteiger partial charge in [0.25, 0.3) is 5.69 Å². The Balaban J connectivity index is 1.65. The number of nitrogens with one attached hydrogen (secondary N) is 1. The van der Waals surface area contributed by atoms with Crippen LogP contribution in [0.2, 0.25) is 5.02 Å². The van der Waals surface area contributed by atoms with Gasteiger partial charge in [-0.25, -0.2) is 0 Å². The predicted molar refractivity (Wildman–Crippen MR) is 105 cm³/mol. The number of methoxy groups -OCH3 is 1. The van der Waals surface area contributed by atoms with E-state index >= 15 is 0 Å². The lowest BCUT2D eigenvalue weighted by Crippen LogP contribution is -2.38. The summed E-state index contributed by atoms with van der Waals surface area (Å²) < 4.78 is 5.26. The van der Waals surface area contributed by atoms with Crippen molar-refractivity contribution < 1.29 is 14.5 Å². The lowest BCUT2D eigenvalue weighted by Gasteiger charge is -2.32. The van der Waals surface area contributed by atoms with Gasteiger partial charge in [-0.2, -0.15) is 0 Å².